The fourth-order valence-corrected chi connectivity index (χ4v) is 5.72. The summed E-state index contributed by atoms with van der Waals surface area (Å²) < 4.78 is 55.3. The Morgan fingerprint density at radius 1 is 1.00 bits per heavy atom. The monoisotopic (exact) mass is 478 g/mol. The standard InChI is InChI=1S/C21H20F2N4O3S2/c22-16-3-1-5-18(13-16)27-8-7-24-21(27)31-15-20(28)25-9-11-26(12-10-25)32(29,30)19-6-2-4-17(23)14-19/h1-8,13-14H,9-12,15H2. The number of carbonyl (C=O) groups is 1. The number of halogens is 2. The summed E-state index contributed by atoms with van der Waals surface area (Å²) in [7, 11) is -3.82. The average Bonchev–Trinajstić information content (AvgIpc) is 3.26. The number of carbonyl (C=O) groups excluding carboxylic acids is 1. The minimum Gasteiger partial charge on any atom is -0.339 e. The van der Waals surface area contributed by atoms with Crippen molar-refractivity contribution in [3.05, 3.63) is 72.6 Å². The van der Waals surface area contributed by atoms with Crippen molar-refractivity contribution in [2.24, 2.45) is 0 Å². The molecule has 168 valence electrons. The topological polar surface area (TPSA) is 75.5 Å². The van der Waals surface area contributed by atoms with E-state index < -0.39 is 15.8 Å². The Morgan fingerprint density at radius 2 is 1.69 bits per heavy atom. The van der Waals surface area contributed by atoms with E-state index in [0.717, 1.165) is 6.07 Å². The molecule has 0 saturated carbocycles. The van der Waals surface area contributed by atoms with Gasteiger partial charge in [0.25, 0.3) is 0 Å². The van der Waals surface area contributed by atoms with Crippen LogP contribution in [-0.2, 0) is 14.8 Å². The number of benzene rings is 2. The van der Waals surface area contributed by atoms with E-state index in [9.17, 15) is 22.0 Å². The van der Waals surface area contributed by atoms with Crippen molar-refractivity contribution in [1.29, 1.82) is 0 Å². The molecule has 7 nitrogen and oxygen atoms in total. The number of amides is 1. The Morgan fingerprint density at radius 3 is 2.38 bits per heavy atom. The van der Waals surface area contributed by atoms with Gasteiger partial charge in [0, 0.05) is 38.6 Å². The summed E-state index contributed by atoms with van der Waals surface area (Å²) in [5, 5.41) is 0.552. The lowest BCUT2D eigenvalue weighted by Crippen LogP contribution is -2.51. The highest BCUT2D eigenvalue weighted by atomic mass is 32.2. The molecule has 0 spiro atoms. The van der Waals surface area contributed by atoms with Crippen molar-refractivity contribution >= 4 is 27.7 Å². The van der Waals surface area contributed by atoms with Gasteiger partial charge in [-0.15, -0.1) is 0 Å². The van der Waals surface area contributed by atoms with Gasteiger partial charge in [-0.05, 0) is 36.4 Å². The summed E-state index contributed by atoms with van der Waals surface area (Å²) in [6.07, 6.45) is 3.27. The molecule has 0 bridgehead atoms. The molecule has 1 aliphatic rings. The van der Waals surface area contributed by atoms with Gasteiger partial charge >= 0.3 is 0 Å². The second-order valence-electron chi connectivity index (χ2n) is 7.09. The molecule has 0 aliphatic carbocycles. The lowest BCUT2D eigenvalue weighted by atomic mass is 10.3. The first kappa shape index (κ1) is 22.4. The highest BCUT2D eigenvalue weighted by Gasteiger charge is 2.30. The maximum atomic E-state index is 13.5. The maximum Gasteiger partial charge on any atom is 0.243 e. The summed E-state index contributed by atoms with van der Waals surface area (Å²) >= 11 is 1.23. The van der Waals surface area contributed by atoms with Crippen LogP contribution in [0.4, 0.5) is 8.78 Å². The Bertz CT molecular complexity index is 1230. The third-order valence-corrected chi connectivity index (χ3v) is 7.89. The molecular weight excluding hydrogens is 458 g/mol. The van der Waals surface area contributed by atoms with Gasteiger partial charge in [-0.2, -0.15) is 4.31 Å². The van der Waals surface area contributed by atoms with Crippen molar-refractivity contribution in [2.75, 3.05) is 31.9 Å². The van der Waals surface area contributed by atoms with E-state index in [0.29, 0.717) is 10.8 Å². The van der Waals surface area contributed by atoms with Crippen LogP contribution in [-0.4, -0.2) is 65.0 Å². The Kier molecular flexibility index (Phi) is 6.58. The molecule has 4 rings (SSSR count). The number of piperazine rings is 1. The molecular formula is C21H20F2N4O3S2. The Balaban J connectivity index is 1.35. The number of hydrogen-bond donors (Lipinski definition) is 0. The third-order valence-electron chi connectivity index (χ3n) is 5.04. The zero-order valence-corrected chi connectivity index (χ0v) is 18.5. The lowest BCUT2D eigenvalue weighted by molar-refractivity contribution is -0.129. The van der Waals surface area contributed by atoms with Gasteiger partial charge in [0.1, 0.15) is 11.6 Å². The average molecular weight is 479 g/mol. The smallest absolute Gasteiger partial charge is 0.243 e. The van der Waals surface area contributed by atoms with Gasteiger partial charge in [0.15, 0.2) is 5.16 Å². The Labute approximate surface area is 188 Å². The summed E-state index contributed by atoms with van der Waals surface area (Å²) in [5.74, 6) is -1.02. The van der Waals surface area contributed by atoms with Gasteiger partial charge in [-0.25, -0.2) is 22.2 Å². The number of thioether (sulfide) groups is 1. The molecule has 2 aromatic carbocycles. The van der Waals surface area contributed by atoms with Crippen molar-refractivity contribution in [2.45, 2.75) is 10.1 Å². The number of aromatic nitrogens is 2. The normalized spacial score (nSPS) is 15.1. The quantitative estimate of drug-likeness (QED) is 0.510. The van der Waals surface area contributed by atoms with Crippen molar-refractivity contribution in [3.8, 4) is 5.69 Å². The van der Waals surface area contributed by atoms with Gasteiger partial charge in [-0.3, -0.25) is 9.36 Å². The SMILES string of the molecule is O=C(CSc1nccn1-c1cccc(F)c1)N1CCN(S(=O)(=O)c2cccc(F)c2)CC1. The molecule has 1 aliphatic heterocycles. The van der Waals surface area contributed by atoms with Gasteiger partial charge in [0.2, 0.25) is 15.9 Å². The second kappa shape index (κ2) is 9.39. The van der Waals surface area contributed by atoms with Crippen LogP contribution in [0.5, 0.6) is 0 Å². The molecule has 2 heterocycles. The molecule has 11 heteroatoms. The van der Waals surface area contributed by atoms with Crippen LogP contribution in [0.2, 0.25) is 0 Å². The van der Waals surface area contributed by atoms with Crippen LogP contribution >= 0.6 is 11.8 Å². The maximum absolute atomic E-state index is 13.5. The molecule has 0 radical (unpaired) electrons. The molecule has 1 aromatic heterocycles. The van der Waals surface area contributed by atoms with E-state index >= 15 is 0 Å². The Hall–Kier alpha value is -2.76. The van der Waals surface area contributed by atoms with E-state index in [4.69, 9.17) is 0 Å². The van der Waals surface area contributed by atoms with Crippen molar-refractivity contribution < 1.29 is 22.0 Å². The summed E-state index contributed by atoms with van der Waals surface area (Å²) in [6, 6.07) is 11.0. The number of rotatable bonds is 6. The van der Waals surface area contributed by atoms with Crippen molar-refractivity contribution in [1.82, 2.24) is 18.8 Å². The van der Waals surface area contributed by atoms with Crippen LogP contribution in [0, 0.1) is 11.6 Å². The second-order valence-corrected chi connectivity index (χ2v) is 9.97. The van der Waals surface area contributed by atoms with Gasteiger partial charge < -0.3 is 4.90 Å². The summed E-state index contributed by atoms with van der Waals surface area (Å²) in [5.41, 5.74) is 0.605. The number of hydrogen-bond acceptors (Lipinski definition) is 5. The third kappa shape index (κ3) is 4.84. The molecule has 32 heavy (non-hydrogen) atoms. The van der Waals surface area contributed by atoms with E-state index in [1.165, 1.54) is 46.4 Å². The van der Waals surface area contributed by atoms with Crippen LogP contribution in [0.25, 0.3) is 5.69 Å². The summed E-state index contributed by atoms with van der Waals surface area (Å²) in [4.78, 5) is 18.4. The van der Waals surface area contributed by atoms with Gasteiger partial charge in [-0.1, -0.05) is 23.9 Å². The highest BCUT2D eigenvalue weighted by Crippen LogP contribution is 2.23. The zero-order valence-electron chi connectivity index (χ0n) is 16.9. The molecule has 0 N–H and O–H groups in total. The van der Waals surface area contributed by atoms with Crippen LogP contribution in [0.1, 0.15) is 0 Å². The lowest BCUT2D eigenvalue weighted by Gasteiger charge is -2.34. The van der Waals surface area contributed by atoms with E-state index in [1.807, 2.05) is 0 Å². The molecule has 1 amide bonds. The molecule has 0 unspecified atom stereocenters. The van der Waals surface area contributed by atoms with Crippen LogP contribution in [0.15, 0.2) is 71.0 Å². The van der Waals surface area contributed by atoms with Gasteiger partial charge in [0.05, 0.1) is 16.3 Å². The molecule has 3 aromatic rings. The number of imidazole rings is 1. The fraction of sp³-hybridized carbons (Fsp3) is 0.238. The number of sulfonamides is 1. The summed E-state index contributed by atoms with van der Waals surface area (Å²) in [6.45, 7) is 0.749. The molecule has 0 atom stereocenters. The predicted molar refractivity (Wildman–Crippen MR) is 116 cm³/mol. The van der Waals surface area contributed by atoms with Crippen molar-refractivity contribution in [3.63, 3.8) is 0 Å². The van der Waals surface area contributed by atoms with E-state index in [2.05, 4.69) is 4.98 Å². The number of nitrogens with zero attached hydrogens (tertiary/aromatic N) is 4. The van der Waals surface area contributed by atoms with Crippen LogP contribution < -0.4 is 0 Å². The molecule has 1 saturated heterocycles. The first-order chi connectivity index (χ1) is 15.3. The minimum atomic E-state index is -3.82. The fourth-order valence-electron chi connectivity index (χ4n) is 3.39. The van der Waals surface area contributed by atoms with Crippen LogP contribution in [0.3, 0.4) is 0 Å². The first-order valence-corrected chi connectivity index (χ1v) is 12.2. The minimum absolute atomic E-state index is 0.1000. The molecule has 1 fully saturated rings. The zero-order chi connectivity index (χ0) is 22.7. The van der Waals surface area contributed by atoms with E-state index in [-0.39, 0.29) is 48.6 Å². The largest absolute Gasteiger partial charge is 0.339 e. The van der Waals surface area contributed by atoms with E-state index in [1.54, 1.807) is 34.0 Å². The predicted octanol–water partition coefficient (Wildman–Crippen LogP) is 2.78. The highest BCUT2D eigenvalue weighted by molar-refractivity contribution is 7.99. The first-order valence-electron chi connectivity index (χ1n) is 9.80.